The molecule has 2 aromatic carbocycles. The summed E-state index contributed by atoms with van der Waals surface area (Å²) in [5.41, 5.74) is -4.13. The van der Waals surface area contributed by atoms with E-state index >= 15 is 4.79 Å². The summed E-state index contributed by atoms with van der Waals surface area (Å²) in [5.74, 6) is -2.08. The van der Waals surface area contributed by atoms with E-state index in [-0.39, 0.29) is 35.5 Å². The molecule has 58 heavy (non-hydrogen) atoms. The molecule has 3 amide bonds. The first kappa shape index (κ1) is 42.2. The highest BCUT2D eigenvalue weighted by Gasteiger charge is 2.65. The van der Waals surface area contributed by atoms with Gasteiger partial charge >= 0.3 is 18.4 Å². The van der Waals surface area contributed by atoms with Crippen molar-refractivity contribution in [2.45, 2.75) is 89.4 Å². The second-order valence-corrected chi connectivity index (χ2v) is 21.8. The van der Waals surface area contributed by atoms with E-state index in [2.05, 4.69) is 45.4 Å². The smallest absolute Gasteiger partial charge is 0.411 e. The largest absolute Gasteiger partial charge is 0.465 e. The van der Waals surface area contributed by atoms with E-state index in [1.807, 2.05) is 32.3 Å². The topological polar surface area (TPSA) is 182 Å². The third-order valence-corrected chi connectivity index (χ3v) is 11.7. The summed E-state index contributed by atoms with van der Waals surface area (Å²) in [5, 5.41) is 27.2. The van der Waals surface area contributed by atoms with Crippen molar-refractivity contribution < 1.29 is 46.2 Å². The summed E-state index contributed by atoms with van der Waals surface area (Å²) < 4.78 is 76.9. The quantitative estimate of drug-likeness (QED) is 0.110. The van der Waals surface area contributed by atoms with Gasteiger partial charge in [-0.1, -0.05) is 75.4 Å². The van der Waals surface area contributed by atoms with Gasteiger partial charge < -0.3 is 15.2 Å². The summed E-state index contributed by atoms with van der Waals surface area (Å²) in [6, 6.07) is 9.01. The first-order valence-electron chi connectivity index (χ1n) is 17.9. The van der Waals surface area contributed by atoms with Gasteiger partial charge in [0.15, 0.2) is 11.4 Å². The minimum Gasteiger partial charge on any atom is -0.465 e. The number of nitrogens with one attached hydrogen (secondary N) is 2. The third-order valence-electron chi connectivity index (χ3n) is 9.64. The number of ether oxygens (including phenoxy) is 1. The fraction of sp³-hybridized carbons (Fsp3) is 0.444. The minimum atomic E-state index is -4.78. The van der Waals surface area contributed by atoms with Crippen LogP contribution in [0.1, 0.15) is 69.5 Å². The number of rotatable bonds is 11. The van der Waals surface area contributed by atoms with Crippen molar-refractivity contribution in [2.24, 2.45) is 10.4 Å². The van der Waals surface area contributed by atoms with Crippen LogP contribution in [0, 0.1) is 5.41 Å². The van der Waals surface area contributed by atoms with E-state index in [9.17, 15) is 36.6 Å². The SMILES string of the molecule is CC(C)(C)CC1(c2ccc(-n3cc([Si](C)(C)C)nn3)cc2)N=C(NC(=O)O)N([C@H](COC(=O)NC2(C(F)(F)F)CC2)c2ccc(Cl)c(-n3ncnc3C(F)F)c2)C1=O. The summed E-state index contributed by atoms with van der Waals surface area (Å²) in [6.45, 7) is 11.0. The monoisotopic (exact) mass is 850 g/mol. The van der Waals surface area contributed by atoms with E-state index in [4.69, 9.17) is 21.3 Å². The molecule has 4 aromatic rings. The number of hydrogen-bond donors (Lipinski definition) is 3. The number of carboxylic acid groups (broad SMARTS) is 1. The van der Waals surface area contributed by atoms with Gasteiger partial charge in [0.05, 0.1) is 27.8 Å². The van der Waals surface area contributed by atoms with Gasteiger partial charge in [0.2, 0.25) is 5.96 Å². The Balaban J connectivity index is 1.46. The van der Waals surface area contributed by atoms with Gasteiger partial charge in [-0.25, -0.2) is 37.7 Å². The maximum Gasteiger partial charge on any atom is 0.411 e. The van der Waals surface area contributed by atoms with Gasteiger partial charge in [0, 0.05) is 6.20 Å². The van der Waals surface area contributed by atoms with E-state index in [0.717, 1.165) is 21.2 Å². The Kier molecular flexibility index (Phi) is 10.9. The molecule has 1 unspecified atom stereocenters. The number of alkyl carbamates (subject to hydrolysis) is 1. The second kappa shape index (κ2) is 15.1. The molecule has 1 aliphatic heterocycles. The van der Waals surface area contributed by atoms with Crippen LogP contribution < -0.4 is 16.0 Å². The Morgan fingerprint density at radius 1 is 1.07 bits per heavy atom. The van der Waals surface area contributed by atoms with Crippen LogP contribution in [-0.2, 0) is 15.1 Å². The number of amides is 3. The van der Waals surface area contributed by atoms with Crippen molar-refractivity contribution in [1.29, 1.82) is 0 Å². The molecule has 0 saturated heterocycles. The van der Waals surface area contributed by atoms with Crippen LogP contribution >= 0.6 is 11.6 Å². The number of aliphatic imine (C=N–C) groups is 1. The lowest BCUT2D eigenvalue weighted by molar-refractivity contribution is -0.164. The zero-order valence-electron chi connectivity index (χ0n) is 32.1. The first-order valence-corrected chi connectivity index (χ1v) is 21.8. The normalized spacial score (nSPS) is 18.6. The number of halogens is 6. The molecule has 0 radical (unpaired) electrons. The van der Waals surface area contributed by atoms with E-state index in [1.165, 1.54) is 18.2 Å². The number of carbonyl (C=O) groups excluding carboxylic acids is 2. The molecule has 3 heterocycles. The average molecular weight is 851 g/mol. The van der Waals surface area contributed by atoms with Crippen molar-refractivity contribution in [2.75, 3.05) is 6.61 Å². The van der Waals surface area contributed by atoms with Crippen LogP contribution in [0.15, 0.2) is 60.0 Å². The molecule has 2 atom stereocenters. The Morgan fingerprint density at radius 2 is 1.74 bits per heavy atom. The highest BCUT2D eigenvalue weighted by Crippen LogP contribution is 2.49. The van der Waals surface area contributed by atoms with E-state index < -0.39 is 79.7 Å². The van der Waals surface area contributed by atoms with Crippen molar-refractivity contribution in [1.82, 2.24) is 45.3 Å². The Bertz CT molecular complexity index is 2250. The molecule has 0 spiro atoms. The van der Waals surface area contributed by atoms with Crippen molar-refractivity contribution in [3.8, 4) is 11.4 Å². The van der Waals surface area contributed by atoms with Gasteiger partial charge in [-0.05, 0) is 60.1 Å². The fourth-order valence-corrected chi connectivity index (χ4v) is 7.69. The lowest BCUT2D eigenvalue weighted by Gasteiger charge is -2.35. The molecular formula is C36H40ClF5N10O5Si. The van der Waals surface area contributed by atoms with E-state index in [1.54, 1.807) is 28.9 Å². The molecular weight excluding hydrogens is 811 g/mol. The predicted molar refractivity (Wildman–Crippen MR) is 202 cm³/mol. The predicted octanol–water partition coefficient (Wildman–Crippen LogP) is 6.64. The van der Waals surface area contributed by atoms with Gasteiger partial charge in [-0.2, -0.15) is 18.3 Å². The van der Waals surface area contributed by atoms with Crippen LogP contribution in [0.3, 0.4) is 0 Å². The summed E-state index contributed by atoms with van der Waals surface area (Å²) in [6.07, 6.45) is -9.02. The van der Waals surface area contributed by atoms with E-state index in [0.29, 0.717) is 11.3 Å². The molecule has 1 saturated carbocycles. The third kappa shape index (κ3) is 8.40. The molecule has 15 nitrogen and oxygen atoms in total. The average Bonchev–Trinajstić information content (AvgIpc) is 3.43. The second-order valence-electron chi connectivity index (χ2n) is 16.3. The number of benzene rings is 2. The van der Waals surface area contributed by atoms with Crippen LogP contribution in [0.5, 0.6) is 0 Å². The van der Waals surface area contributed by atoms with Crippen LogP contribution in [-0.4, -0.2) is 90.2 Å². The van der Waals surface area contributed by atoms with Crippen molar-refractivity contribution in [3.63, 3.8) is 0 Å². The lowest BCUT2D eigenvalue weighted by Crippen LogP contribution is -2.51. The minimum absolute atomic E-state index is 0.00726. The van der Waals surface area contributed by atoms with Crippen LogP contribution in [0.25, 0.3) is 11.4 Å². The Morgan fingerprint density at radius 3 is 2.29 bits per heavy atom. The summed E-state index contributed by atoms with van der Waals surface area (Å²) >= 11 is 6.45. The number of nitrogens with zero attached hydrogens (tertiary/aromatic N) is 8. The number of carbonyl (C=O) groups is 3. The molecule has 1 aliphatic carbocycles. The highest BCUT2D eigenvalue weighted by molar-refractivity contribution is 6.88. The summed E-state index contributed by atoms with van der Waals surface area (Å²) in [4.78, 5) is 49.8. The molecule has 0 bridgehead atoms. The zero-order valence-corrected chi connectivity index (χ0v) is 33.9. The highest BCUT2D eigenvalue weighted by atomic mass is 35.5. The maximum atomic E-state index is 15.2. The maximum absolute atomic E-state index is 15.2. The van der Waals surface area contributed by atoms with Gasteiger partial charge in [-0.15, -0.1) is 5.10 Å². The molecule has 22 heteroatoms. The zero-order chi connectivity index (χ0) is 42.6. The van der Waals surface area contributed by atoms with Crippen molar-refractivity contribution in [3.05, 3.63) is 77.0 Å². The molecule has 2 aromatic heterocycles. The fourth-order valence-electron chi connectivity index (χ4n) is 6.64. The van der Waals surface area contributed by atoms with Gasteiger partial charge in [0.25, 0.3) is 12.3 Å². The first-order chi connectivity index (χ1) is 26.9. The molecule has 2 aliphatic rings. The number of hydrogen-bond acceptors (Lipinski definition) is 9. The van der Waals surface area contributed by atoms with Crippen LogP contribution in [0.2, 0.25) is 24.7 Å². The van der Waals surface area contributed by atoms with Crippen molar-refractivity contribution >= 4 is 49.0 Å². The van der Waals surface area contributed by atoms with Gasteiger partial charge in [0.1, 0.15) is 26.5 Å². The number of aromatic nitrogens is 6. The van der Waals surface area contributed by atoms with Crippen LogP contribution in [0.4, 0.5) is 31.5 Å². The molecule has 6 rings (SSSR count). The molecule has 310 valence electrons. The summed E-state index contributed by atoms with van der Waals surface area (Å²) in [7, 11) is -1.81. The molecule has 1 fully saturated rings. The Hall–Kier alpha value is -5.44. The van der Waals surface area contributed by atoms with Gasteiger partial charge in [-0.3, -0.25) is 15.0 Å². The molecule has 3 N–H and O–H groups in total. The Labute approximate surface area is 334 Å². The lowest BCUT2D eigenvalue weighted by atomic mass is 9.75. The standard InChI is InChI=1S/C36H40ClF5N10O5Si/c1-33(2,3)18-35(21-8-10-22(11-9-21)50-16-26(48-49-50)58(4,5)6)29(53)51(30(46-35)45-31(54)55)25(17-57-32(56)47-34(13-14-34)36(40,41)42)20-7-12-23(37)24(15-20)52-28(27(38)39)43-19-44-52/h7-12,15-16,19,25,27H,13-14,17-18H2,1-6H3,(H,45,46)(H,47,56)(H,54,55)/t25-,35?/m1/s1. The number of alkyl halides is 5. The number of guanidine groups is 1.